The number of hydrogen-bond donors (Lipinski definition) is 2. The number of amides is 1. The molecule has 2 N–H and O–H groups in total. The van der Waals surface area contributed by atoms with Crippen molar-refractivity contribution >= 4 is 35.2 Å². The molecular formula is C24H19NO7. The molecule has 0 fully saturated rings. The van der Waals surface area contributed by atoms with E-state index in [2.05, 4.69) is 5.32 Å². The van der Waals surface area contributed by atoms with Crippen molar-refractivity contribution in [3.05, 3.63) is 83.3 Å². The maximum absolute atomic E-state index is 13.0. The molecule has 4 rings (SSSR count). The van der Waals surface area contributed by atoms with Crippen molar-refractivity contribution in [2.24, 2.45) is 0 Å². The SMILES string of the molecule is COc1ccc(C2=C(c3ccco3)/C(=C/c3ccc(/C=C/C(=O)O)o3)NC2=O)cc1OC. The molecule has 1 amide bonds. The van der Waals surface area contributed by atoms with E-state index in [1.54, 1.807) is 48.5 Å². The smallest absolute Gasteiger partial charge is 0.328 e. The van der Waals surface area contributed by atoms with Crippen molar-refractivity contribution < 1.29 is 33.0 Å². The predicted octanol–water partition coefficient (Wildman–Crippen LogP) is 4.07. The van der Waals surface area contributed by atoms with Crippen LogP contribution in [-0.4, -0.2) is 31.2 Å². The lowest BCUT2D eigenvalue weighted by Crippen LogP contribution is -2.15. The van der Waals surface area contributed by atoms with Crippen LogP contribution >= 0.6 is 0 Å². The largest absolute Gasteiger partial charge is 0.493 e. The first kappa shape index (κ1) is 20.8. The van der Waals surface area contributed by atoms with Gasteiger partial charge in [0.15, 0.2) is 11.5 Å². The zero-order chi connectivity index (χ0) is 22.7. The second-order valence-electron chi connectivity index (χ2n) is 6.72. The fourth-order valence-corrected chi connectivity index (χ4v) is 3.38. The van der Waals surface area contributed by atoms with E-state index in [0.717, 1.165) is 6.08 Å². The van der Waals surface area contributed by atoms with Crippen LogP contribution < -0.4 is 14.8 Å². The highest BCUT2D eigenvalue weighted by molar-refractivity contribution is 6.34. The van der Waals surface area contributed by atoms with Crippen LogP contribution in [0.3, 0.4) is 0 Å². The van der Waals surface area contributed by atoms with E-state index in [1.165, 1.54) is 26.6 Å². The number of carboxylic acids is 1. The lowest BCUT2D eigenvalue weighted by Gasteiger charge is -2.10. The van der Waals surface area contributed by atoms with E-state index in [4.69, 9.17) is 23.4 Å². The van der Waals surface area contributed by atoms with Gasteiger partial charge in [0.25, 0.3) is 5.91 Å². The van der Waals surface area contributed by atoms with Gasteiger partial charge >= 0.3 is 5.97 Å². The van der Waals surface area contributed by atoms with Gasteiger partial charge in [0, 0.05) is 12.2 Å². The van der Waals surface area contributed by atoms with E-state index in [1.807, 2.05) is 0 Å². The molecule has 0 saturated heterocycles. The highest BCUT2D eigenvalue weighted by Crippen LogP contribution is 2.40. The van der Waals surface area contributed by atoms with Crippen LogP contribution in [0.2, 0.25) is 0 Å². The molecule has 0 radical (unpaired) electrons. The van der Waals surface area contributed by atoms with Gasteiger partial charge in [-0.05, 0) is 48.0 Å². The Hall–Kier alpha value is -4.46. The number of rotatable bonds is 7. The van der Waals surface area contributed by atoms with Crippen molar-refractivity contribution in [2.75, 3.05) is 14.2 Å². The number of methoxy groups -OCH3 is 2. The summed E-state index contributed by atoms with van der Waals surface area (Å²) in [6.45, 7) is 0. The normalized spacial score (nSPS) is 14.9. The Morgan fingerprint density at radius 3 is 2.50 bits per heavy atom. The van der Waals surface area contributed by atoms with E-state index in [-0.39, 0.29) is 5.91 Å². The lowest BCUT2D eigenvalue weighted by atomic mass is 9.98. The molecule has 1 aliphatic heterocycles. The lowest BCUT2D eigenvalue weighted by molar-refractivity contribution is -0.131. The third-order valence-electron chi connectivity index (χ3n) is 4.76. The summed E-state index contributed by atoms with van der Waals surface area (Å²) in [5.74, 6) is 0.942. The summed E-state index contributed by atoms with van der Waals surface area (Å²) < 4.78 is 21.9. The average Bonchev–Trinajstić information content (AvgIpc) is 3.52. The zero-order valence-electron chi connectivity index (χ0n) is 17.2. The monoisotopic (exact) mass is 433 g/mol. The minimum absolute atomic E-state index is 0.313. The van der Waals surface area contributed by atoms with E-state index in [9.17, 15) is 9.59 Å². The van der Waals surface area contributed by atoms with Gasteiger partial charge in [-0.2, -0.15) is 0 Å². The van der Waals surface area contributed by atoms with Crippen LogP contribution in [0.1, 0.15) is 22.8 Å². The Balaban J connectivity index is 1.82. The molecule has 3 heterocycles. The van der Waals surface area contributed by atoms with Gasteiger partial charge < -0.3 is 28.7 Å². The van der Waals surface area contributed by atoms with Crippen molar-refractivity contribution in [3.63, 3.8) is 0 Å². The number of carbonyl (C=O) groups is 2. The Morgan fingerprint density at radius 2 is 1.81 bits per heavy atom. The van der Waals surface area contributed by atoms with E-state index >= 15 is 0 Å². The van der Waals surface area contributed by atoms with Crippen molar-refractivity contribution in [1.82, 2.24) is 5.32 Å². The third kappa shape index (κ3) is 4.06. The molecule has 8 heteroatoms. The van der Waals surface area contributed by atoms with Crippen LogP contribution in [0.15, 0.2) is 69.3 Å². The molecule has 0 unspecified atom stereocenters. The molecular weight excluding hydrogens is 414 g/mol. The van der Waals surface area contributed by atoms with Crippen LogP contribution in [-0.2, 0) is 9.59 Å². The Kier molecular flexibility index (Phi) is 5.67. The molecule has 8 nitrogen and oxygen atoms in total. The summed E-state index contributed by atoms with van der Waals surface area (Å²) in [5.41, 5.74) is 2.08. The third-order valence-corrected chi connectivity index (χ3v) is 4.76. The molecule has 0 aliphatic carbocycles. The van der Waals surface area contributed by atoms with E-state index in [0.29, 0.717) is 51.2 Å². The van der Waals surface area contributed by atoms with Crippen LogP contribution in [0.4, 0.5) is 0 Å². The molecule has 1 aromatic carbocycles. The average molecular weight is 433 g/mol. The van der Waals surface area contributed by atoms with Gasteiger partial charge in [-0.15, -0.1) is 0 Å². The minimum atomic E-state index is -1.08. The van der Waals surface area contributed by atoms with Crippen LogP contribution in [0, 0.1) is 0 Å². The number of carbonyl (C=O) groups excluding carboxylic acids is 1. The number of carboxylic acid groups (broad SMARTS) is 1. The molecule has 0 bridgehead atoms. The Morgan fingerprint density at radius 1 is 1.03 bits per heavy atom. The van der Waals surface area contributed by atoms with Crippen LogP contribution in [0.25, 0.3) is 23.3 Å². The summed E-state index contributed by atoms with van der Waals surface area (Å²) in [4.78, 5) is 23.7. The number of nitrogens with one attached hydrogen (secondary N) is 1. The number of hydrogen-bond acceptors (Lipinski definition) is 6. The molecule has 0 saturated carbocycles. The quantitative estimate of drug-likeness (QED) is 0.540. The van der Waals surface area contributed by atoms with Gasteiger partial charge in [-0.25, -0.2) is 4.79 Å². The van der Waals surface area contributed by atoms with Gasteiger partial charge in [0.05, 0.1) is 37.3 Å². The summed E-state index contributed by atoms with van der Waals surface area (Å²) in [7, 11) is 3.06. The highest BCUT2D eigenvalue weighted by atomic mass is 16.5. The van der Waals surface area contributed by atoms with Crippen LogP contribution in [0.5, 0.6) is 11.5 Å². The van der Waals surface area contributed by atoms with Crippen molar-refractivity contribution in [2.45, 2.75) is 0 Å². The fraction of sp³-hybridized carbons (Fsp3) is 0.0833. The highest BCUT2D eigenvalue weighted by Gasteiger charge is 2.31. The molecule has 0 atom stereocenters. The van der Waals surface area contributed by atoms with Gasteiger partial charge in [-0.3, -0.25) is 4.79 Å². The zero-order valence-corrected chi connectivity index (χ0v) is 17.2. The number of aliphatic carboxylic acids is 1. The summed E-state index contributed by atoms with van der Waals surface area (Å²) in [6.07, 6.45) is 5.50. The molecule has 162 valence electrons. The standard InChI is InChI=1S/C24H19NO7/c1-29-18-9-5-14(12-20(18)30-2)22-23(19-4-3-11-31-19)17(25-24(22)28)13-16-7-6-15(32-16)8-10-21(26)27/h3-13H,1-2H3,(H,25,28)(H,26,27)/b10-8+,17-13-. The van der Waals surface area contributed by atoms with Gasteiger partial charge in [0.2, 0.25) is 0 Å². The maximum Gasteiger partial charge on any atom is 0.328 e. The number of benzene rings is 1. The van der Waals surface area contributed by atoms with Gasteiger partial charge in [-0.1, -0.05) is 6.07 Å². The van der Waals surface area contributed by atoms with Crippen molar-refractivity contribution in [3.8, 4) is 11.5 Å². The molecule has 0 spiro atoms. The number of allylic oxidation sites excluding steroid dienone is 1. The first-order chi connectivity index (χ1) is 15.5. The molecule has 2 aromatic heterocycles. The van der Waals surface area contributed by atoms with Crippen molar-refractivity contribution in [1.29, 1.82) is 0 Å². The fourth-order valence-electron chi connectivity index (χ4n) is 3.38. The first-order valence-corrected chi connectivity index (χ1v) is 9.55. The maximum atomic E-state index is 13.0. The summed E-state index contributed by atoms with van der Waals surface area (Å²) in [5, 5.41) is 11.6. The summed E-state index contributed by atoms with van der Waals surface area (Å²) >= 11 is 0. The Bertz CT molecular complexity index is 1260. The molecule has 1 aliphatic rings. The predicted molar refractivity (Wildman–Crippen MR) is 117 cm³/mol. The van der Waals surface area contributed by atoms with Gasteiger partial charge in [0.1, 0.15) is 17.3 Å². The Labute approximate surface area is 183 Å². The molecule has 32 heavy (non-hydrogen) atoms. The molecule has 3 aromatic rings. The topological polar surface area (TPSA) is 111 Å². The number of furan rings is 2. The second kappa shape index (κ2) is 8.73. The summed E-state index contributed by atoms with van der Waals surface area (Å²) in [6, 6.07) is 12.0. The first-order valence-electron chi connectivity index (χ1n) is 9.55. The van der Waals surface area contributed by atoms with E-state index < -0.39 is 5.97 Å². The second-order valence-corrected chi connectivity index (χ2v) is 6.72. The minimum Gasteiger partial charge on any atom is -0.493 e. The number of ether oxygens (including phenoxy) is 2.